The summed E-state index contributed by atoms with van der Waals surface area (Å²) < 4.78 is 5.94. The lowest BCUT2D eigenvalue weighted by atomic mass is 9.77. The van der Waals surface area contributed by atoms with Crippen molar-refractivity contribution in [3.8, 4) is 0 Å². The lowest BCUT2D eigenvalue weighted by molar-refractivity contribution is 0.0364. The van der Waals surface area contributed by atoms with Gasteiger partial charge in [0.15, 0.2) is 0 Å². The zero-order valence-electron chi connectivity index (χ0n) is 11.1. The monoisotopic (exact) mass is 245 g/mol. The maximum Gasteiger partial charge on any atom is 0.0583 e. The summed E-state index contributed by atoms with van der Waals surface area (Å²) in [6, 6.07) is 8.85. The highest BCUT2D eigenvalue weighted by Crippen LogP contribution is 2.37. The van der Waals surface area contributed by atoms with E-state index in [9.17, 15) is 0 Å². The van der Waals surface area contributed by atoms with E-state index in [0.29, 0.717) is 18.1 Å². The minimum absolute atomic E-state index is 0.203. The molecule has 1 heterocycles. The van der Waals surface area contributed by atoms with Crippen LogP contribution in [0.15, 0.2) is 24.3 Å². The molecule has 3 rings (SSSR count). The van der Waals surface area contributed by atoms with Crippen LogP contribution in [0.2, 0.25) is 0 Å². The molecule has 4 unspecified atom stereocenters. The fraction of sp³-hybridized carbons (Fsp3) is 0.625. The third-order valence-electron chi connectivity index (χ3n) is 4.59. The first kappa shape index (κ1) is 12.2. The van der Waals surface area contributed by atoms with Crippen molar-refractivity contribution in [2.45, 2.75) is 57.3 Å². The fourth-order valence-corrected chi connectivity index (χ4v) is 3.52. The maximum absolute atomic E-state index is 6.45. The van der Waals surface area contributed by atoms with Gasteiger partial charge in [-0.05, 0) is 56.1 Å². The second kappa shape index (κ2) is 5.02. The lowest BCUT2D eigenvalue weighted by Crippen LogP contribution is -2.30. The molecule has 1 aromatic carbocycles. The predicted molar refractivity (Wildman–Crippen MR) is 73.4 cm³/mol. The number of nitrogens with two attached hydrogens (primary N) is 1. The maximum atomic E-state index is 6.45. The second-order valence-electron chi connectivity index (χ2n) is 5.91. The van der Waals surface area contributed by atoms with Crippen LogP contribution in [0, 0.1) is 5.92 Å². The van der Waals surface area contributed by atoms with Crippen molar-refractivity contribution in [1.29, 1.82) is 0 Å². The minimum Gasteiger partial charge on any atom is -0.375 e. The van der Waals surface area contributed by atoms with Crippen LogP contribution in [0.5, 0.6) is 0 Å². The molecule has 2 N–H and O–H groups in total. The van der Waals surface area contributed by atoms with Crippen LogP contribution < -0.4 is 5.73 Å². The van der Waals surface area contributed by atoms with E-state index in [1.165, 1.54) is 36.8 Å². The summed E-state index contributed by atoms with van der Waals surface area (Å²) >= 11 is 0. The van der Waals surface area contributed by atoms with Crippen LogP contribution in [-0.4, -0.2) is 12.2 Å². The molecule has 1 aromatic rings. The molecule has 0 spiro atoms. The van der Waals surface area contributed by atoms with Gasteiger partial charge >= 0.3 is 0 Å². The van der Waals surface area contributed by atoms with Gasteiger partial charge in [-0.3, -0.25) is 0 Å². The van der Waals surface area contributed by atoms with E-state index in [-0.39, 0.29) is 6.04 Å². The van der Waals surface area contributed by atoms with Gasteiger partial charge in [-0.2, -0.15) is 0 Å². The number of ether oxygens (including phenoxy) is 1. The van der Waals surface area contributed by atoms with Crippen molar-refractivity contribution in [3.05, 3.63) is 35.4 Å². The van der Waals surface area contributed by atoms with E-state index in [1.807, 2.05) is 0 Å². The van der Waals surface area contributed by atoms with Crippen LogP contribution in [0.25, 0.3) is 0 Å². The summed E-state index contributed by atoms with van der Waals surface area (Å²) in [5.74, 6) is 0.593. The van der Waals surface area contributed by atoms with Gasteiger partial charge in [-0.15, -0.1) is 0 Å². The van der Waals surface area contributed by atoms with E-state index in [2.05, 4.69) is 31.2 Å². The molecule has 2 aliphatic rings. The Morgan fingerprint density at radius 2 is 2.06 bits per heavy atom. The van der Waals surface area contributed by atoms with Crippen molar-refractivity contribution < 1.29 is 4.74 Å². The van der Waals surface area contributed by atoms with Gasteiger partial charge in [-0.1, -0.05) is 24.3 Å². The molecule has 18 heavy (non-hydrogen) atoms. The smallest absolute Gasteiger partial charge is 0.0583 e. The first-order chi connectivity index (χ1) is 8.74. The van der Waals surface area contributed by atoms with Crippen molar-refractivity contribution in [3.63, 3.8) is 0 Å². The highest BCUT2D eigenvalue weighted by atomic mass is 16.5. The Kier molecular flexibility index (Phi) is 3.40. The average Bonchev–Trinajstić information content (AvgIpc) is 2.79. The van der Waals surface area contributed by atoms with E-state index in [1.54, 1.807) is 0 Å². The van der Waals surface area contributed by atoms with Gasteiger partial charge in [0, 0.05) is 6.04 Å². The molecule has 2 nitrogen and oxygen atoms in total. The van der Waals surface area contributed by atoms with Gasteiger partial charge in [0.25, 0.3) is 0 Å². The quantitative estimate of drug-likeness (QED) is 0.868. The van der Waals surface area contributed by atoms with Crippen molar-refractivity contribution in [1.82, 2.24) is 0 Å². The van der Waals surface area contributed by atoms with Gasteiger partial charge < -0.3 is 10.5 Å². The summed E-state index contributed by atoms with van der Waals surface area (Å²) in [5.41, 5.74) is 9.25. The van der Waals surface area contributed by atoms with E-state index >= 15 is 0 Å². The Bertz CT molecular complexity index is 417. The van der Waals surface area contributed by atoms with Crippen molar-refractivity contribution in [2.24, 2.45) is 11.7 Å². The number of aryl methyl sites for hydroxylation is 1. The second-order valence-corrected chi connectivity index (χ2v) is 5.91. The first-order valence-electron chi connectivity index (χ1n) is 7.23. The summed E-state index contributed by atoms with van der Waals surface area (Å²) in [4.78, 5) is 0. The SMILES string of the molecule is CC1CCC(CC2CCc3ccccc3C2N)O1. The average molecular weight is 245 g/mol. The van der Waals surface area contributed by atoms with Crippen LogP contribution in [0.4, 0.5) is 0 Å². The number of hydrogen-bond donors (Lipinski definition) is 1. The molecular formula is C16H23NO. The highest BCUT2D eigenvalue weighted by Gasteiger charge is 2.31. The molecule has 1 fully saturated rings. The van der Waals surface area contributed by atoms with E-state index in [0.717, 1.165) is 6.42 Å². The van der Waals surface area contributed by atoms with Gasteiger partial charge in [0.2, 0.25) is 0 Å². The minimum atomic E-state index is 0.203. The zero-order chi connectivity index (χ0) is 12.5. The summed E-state index contributed by atoms with van der Waals surface area (Å²) in [5, 5.41) is 0. The number of benzene rings is 1. The van der Waals surface area contributed by atoms with E-state index in [4.69, 9.17) is 10.5 Å². The molecule has 4 atom stereocenters. The molecule has 0 amide bonds. The van der Waals surface area contributed by atoms with E-state index < -0.39 is 0 Å². The molecule has 1 aliphatic carbocycles. The van der Waals surface area contributed by atoms with Crippen LogP contribution in [0.3, 0.4) is 0 Å². The Balaban J connectivity index is 1.69. The summed E-state index contributed by atoms with van der Waals surface area (Å²) in [6.07, 6.45) is 6.85. The van der Waals surface area contributed by atoms with Crippen LogP contribution in [0.1, 0.15) is 49.8 Å². The fourth-order valence-electron chi connectivity index (χ4n) is 3.52. The third-order valence-corrected chi connectivity index (χ3v) is 4.59. The van der Waals surface area contributed by atoms with Gasteiger partial charge in [-0.25, -0.2) is 0 Å². The normalized spacial score (nSPS) is 35.4. The van der Waals surface area contributed by atoms with Gasteiger partial charge in [0.05, 0.1) is 12.2 Å². The molecule has 0 aromatic heterocycles. The molecule has 1 aliphatic heterocycles. The van der Waals surface area contributed by atoms with Crippen LogP contribution >= 0.6 is 0 Å². The Labute approximate surface area is 110 Å². The van der Waals surface area contributed by atoms with Crippen molar-refractivity contribution >= 4 is 0 Å². The summed E-state index contributed by atoms with van der Waals surface area (Å²) in [7, 11) is 0. The lowest BCUT2D eigenvalue weighted by Gasteiger charge is -2.32. The number of fused-ring (bicyclic) bond motifs is 1. The van der Waals surface area contributed by atoms with Crippen LogP contribution in [-0.2, 0) is 11.2 Å². The number of rotatable bonds is 2. The highest BCUT2D eigenvalue weighted by molar-refractivity contribution is 5.32. The molecule has 0 radical (unpaired) electrons. The Morgan fingerprint density at radius 1 is 1.22 bits per heavy atom. The Hall–Kier alpha value is -0.860. The topological polar surface area (TPSA) is 35.2 Å². The molecule has 0 bridgehead atoms. The third kappa shape index (κ3) is 2.32. The summed E-state index contributed by atoms with van der Waals surface area (Å²) in [6.45, 7) is 2.18. The molecule has 2 heteroatoms. The predicted octanol–water partition coefficient (Wildman–Crippen LogP) is 3.21. The molecular weight excluding hydrogens is 222 g/mol. The largest absolute Gasteiger partial charge is 0.375 e. The molecule has 1 saturated heterocycles. The first-order valence-corrected chi connectivity index (χ1v) is 7.23. The molecule has 98 valence electrons. The standard InChI is InChI=1S/C16H23NO/c1-11-6-9-14(18-11)10-13-8-7-12-4-2-3-5-15(12)16(13)17/h2-5,11,13-14,16H,6-10,17H2,1H3. The zero-order valence-corrected chi connectivity index (χ0v) is 11.1. The van der Waals surface area contributed by atoms with Gasteiger partial charge in [0.1, 0.15) is 0 Å². The van der Waals surface area contributed by atoms with Crippen molar-refractivity contribution in [2.75, 3.05) is 0 Å². The Morgan fingerprint density at radius 3 is 2.83 bits per heavy atom. The number of hydrogen-bond acceptors (Lipinski definition) is 2. The molecule has 0 saturated carbocycles.